The van der Waals surface area contributed by atoms with Gasteiger partial charge in [-0.05, 0) is 6.42 Å². The van der Waals surface area contributed by atoms with Gasteiger partial charge in [-0.2, -0.15) is 0 Å². The summed E-state index contributed by atoms with van der Waals surface area (Å²) < 4.78 is 17.1. The molecule has 82 valence electrons. The smallest absolute Gasteiger partial charge is 0.112 e. The molecule has 0 aromatic carbocycles. The topological polar surface area (TPSA) is 27.7 Å². The van der Waals surface area contributed by atoms with E-state index in [4.69, 9.17) is 22.1 Å². The van der Waals surface area contributed by atoms with Crippen molar-refractivity contribution in [3.63, 3.8) is 0 Å². The second-order valence-electron chi connectivity index (χ2n) is 4.92. The normalized spacial score (nSPS) is 50.7. The fraction of sp³-hybridized carbons (Fsp3) is 1.00. The monoisotopic (exact) mass is 208 g/mol. The lowest BCUT2D eigenvalue weighted by molar-refractivity contribution is -0.276. The maximum absolute atomic E-state index is 5.85. The molecular formula is C11H17BO3. The molecule has 3 aliphatic rings. The van der Waals surface area contributed by atoms with Crippen LogP contribution in [-0.2, 0) is 14.2 Å². The molecule has 1 aliphatic carbocycles. The van der Waals surface area contributed by atoms with Gasteiger partial charge >= 0.3 is 0 Å². The maximum atomic E-state index is 5.85. The highest BCUT2D eigenvalue weighted by atomic mass is 16.6. The van der Waals surface area contributed by atoms with E-state index in [0.717, 1.165) is 19.4 Å². The predicted molar refractivity (Wildman–Crippen MR) is 55.9 cm³/mol. The zero-order chi connectivity index (χ0) is 10.5. The van der Waals surface area contributed by atoms with Crippen LogP contribution < -0.4 is 0 Å². The van der Waals surface area contributed by atoms with Gasteiger partial charge in [-0.15, -0.1) is 0 Å². The van der Waals surface area contributed by atoms with E-state index < -0.39 is 0 Å². The van der Waals surface area contributed by atoms with Crippen LogP contribution in [-0.4, -0.2) is 44.9 Å². The lowest BCUT2D eigenvalue weighted by atomic mass is 9.61. The standard InChI is InChI=1S/C11H17BO3/c1-2-3-4-13-6-11-5-7-8(11)9(14-7)10(12)15-11/h7-10H,2-6H2,1H3/t7?,8?,9?,10?,11-/m1/s1. The maximum Gasteiger partial charge on any atom is 0.112 e. The van der Waals surface area contributed by atoms with Gasteiger partial charge in [0, 0.05) is 24.9 Å². The molecule has 15 heavy (non-hydrogen) atoms. The van der Waals surface area contributed by atoms with Crippen molar-refractivity contribution in [1.82, 2.24) is 0 Å². The van der Waals surface area contributed by atoms with Crippen molar-refractivity contribution in [1.29, 1.82) is 0 Å². The van der Waals surface area contributed by atoms with Crippen molar-refractivity contribution in [2.24, 2.45) is 5.92 Å². The Morgan fingerprint density at radius 3 is 3.13 bits per heavy atom. The summed E-state index contributed by atoms with van der Waals surface area (Å²) in [7, 11) is 5.85. The Morgan fingerprint density at radius 2 is 2.40 bits per heavy atom. The van der Waals surface area contributed by atoms with Gasteiger partial charge in [-0.3, -0.25) is 0 Å². The highest BCUT2D eigenvalue weighted by Gasteiger charge is 2.72. The summed E-state index contributed by atoms with van der Waals surface area (Å²) in [6, 6.07) is -0.233. The second kappa shape index (κ2) is 3.47. The minimum atomic E-state index is -0.233. The average molecular weight is 208 g/mol. The van der Waals surface area contributed by atoms with Crippen molar-refractivity contribution in [2.75, 3.05) is 13.2 Å². The lowest BCUT2D eigenvalue weighted by Gasteiger charge is -2.57. The number of hydrogen-bond donors (Lipinski definition) is 0. The SMILES string of the molecule is [B]C1O[C@@]2(COCCCC)CC3OC1C32. The van der Waals surface area contributed by atoms with Crippen molar-refractivity contribution in [2.45, 2.75) is 50.0 Å². The highest BCUT2D eigenvalue weighted by Crippen LogP contribution is 2.60. The Kier molecular flexibility index (Phi) is 2.34. The molecule has 3 rings (SSSR count). The van der Waals surface area contributed by atoms with E-state index in [1.165, 1.54) is 6.42 Å². The Balaban J connectivity index is 1.53. The van der Waals surface area contributed by atoms with E-state index >= 15 is 0 Å². The fourth-order valence-electron chi connectivity index (χ4n) is 3.05. The van der Waals surface area contributed by atoms with Crippen molar-refractivity contribution < 1.29 is 14.2 Å². The first-order valence-electron chi connectivity index (χ1n) is 5.93. The summed E-state index contributed by atoms with van der Waals surface area (Å²) in [6.45, 7) is 3.69. The van der Waals surface area contributed by atoms with E-state index in [1.807, 2.05) is 0 Å². The van der Waals surface area contributed by atoms with E-state index in [9.17, 15) is 0 Å². The molecule has 2 saturated heterocycles. The zero-order valence-electron chi connectivity index (χ0n) is 9.15. The lowest BCUT2D eigenvalue weighted by Crippen LogP contribution is -2.69. The van der Waals surface area contributed by atoms with Gasteiger partial charge in [-0.25, -0.2) is 0 Å². The quantitative estimate of drug-likeness (QED) is 0.495. The molecule has 0 aromatic heterocycles. The van der Waals surface area contributed by atoms with Crippen molar-refractivity contribution >= 4 is 7.85 Å². The Hall–Kier alpha value is -0.0551. The summed E-state index contributed by atoms with van der Waals surface area (Å²) in [4.78, 5) is 0. The molecule has 4 heteroatoms. The first kappa shape index (κ1) is 10.1. The molecule has 2 aliphatic heterocycles. The van der Waals surface area contributed by atoms with Gasteiger partial charge in [0.05, 0.1) is 18.8 Å². The Labute approximate surface area is 91.9 Å². The number of ether oxygens (including phenoxy) is 3. The molecule has 0 bridgehead atoms. The van der Waals surface area contributed by atoms with E-state index in [0.29, 0.717) is 18.6 Å². The number of unbranched alkanes of at least 4 members (excludes halogenated alkanes) is 1. The molecule has 3 nitrogen and oxygen atoms in total. The summed E-state index contributed by atoms with van der Waals surface area (Å²) in [5.41, 5.74) is -0.0965. The molecular weight excluding hydrogens is 191 g/mol. The molecule has 2 radical (unpaired) electrons. The van der Waals surface area contributed by atoms with Crippen LogP contribution >= 0.6 is 0 Å². The van der Waals surface area contributed by atoms with Crippen LogP contribution in [0.2, 0.25) is 0 Å². The molecule has 0 aromatic rings. The average Bonchev–Trinajstić information content (AvgIpc) is 2.30. The molecule has 0 amide bonds. The predicted octanol–water partition coefficient (Wildman–Crippen LogP) is 0.854. The summed E-state index contributed by atoms with van der Waals surface area (Å²) in [5, 5.41) is 0. The zero-order valence-corrected chi connectivity index (χ0v) is 9.15. The Bertz CT molecular complexity index is 260. The van der Waals surface area contributed by atoms with Crippen LogP contribution in [0, 0.1) is 5.92 Å². The largest absolute Gasteiger partial charge is 0.378 e. The van der Waals surface area contributed by atoms with Crippen molar-refractivity contribution in [3.8, 4) is 0 Å². The van der Waals surface area contributed by atoms with Gasteiger partial charge in [0.2, 0.25) is 0 Å². The van der Waals surface area contributed by atoms with E-state index in [2.05, 4.69) is 6.92 Å². The molecule has 3 fully saturated rings. The minimum Gasteiger partial charge on any atom is -0.378 e. The summed E-state index contributed by atoms with van der Waals surface area (Å²) in [5.74, 6) is 0.508. The summed E-state index contributed by atoms with van der Waals surface area (Å²) >= 11 is 0. The van der Waals surface area contributed by atoms with Crippen LogP contribution in [0.1, 0.15) is 26.2 Å². The van der Waals surface area contributed by atoms with Gasteiger partial charge in [0.25, 0.3) is 0 Å². The van der Waals surface area contributed by atoms with E-state index in [-0.39, 0.29) is 17.7 Å². The van der Waals surface area contributed by atoms with Crippen LogP contribution in [0.25, 0.3) is 0 Å². The molecule has 5 atom stereocenters. The number of hydrogen-bond acceptors (Lipinski definition) is 3. The third-order valence-electron chi connectivity index (χ3n) is 3.92. The van der Waals surface area contributed by atoms with Crippen molar-refractivity contribution in [3.05, 3.63) is 0 Å². The first-order valence-corrected chi connectivity index (χ1v) is 5.93. The first-order chi connectivity index (χ1) is 7.27. The third-order valence-corrected chi connectivity index (χ3v) is 3.92. The third kappa shape index (κ3) is 1.31. The highest BCUT2D eigenvalue weighted by molar-refractivity contribution is 6.11. The molecule has 4 unspecified atom stereocenters. The molecule has 2 heterocycles. The van der Waals surface area contributed by atoms with Gasteiger partial charge in [-0.1, -0.05) is 13.3 Å². The number of rotatable bonds is 5. The van der Waals surface area contributed by atoms with Crippen LogP contribution in [0.3, 0.4) is 0 Å². The molecule has 0 N–H and O–H groups in total. The molecule has 1 saturated carbocycles. The van der Waals surface area contributed by atoms with Gasteiger partial charge in [0.15, 0.2) is 0 Å². The Morgan fingerprint density at radius 1 is 1.53 bits per heavy atom. The summed E-state index contributed by atoms with van der Waals surface area (Å²) in [6.07, 6.45) is 3.80. The van der Waals surface area contributed by atoms with Crippen LogP contribution in [0.5, 0.6) is 0 Å². The van der Waals surface area contributed by atoms with Crippen LogP contribution in [0.4, 0.5) is 0 Å². The van der Waals surface area contributed by atoms with Gasteiger partial charge < -0.3 is 14.2 Å². The second-order valence-corrected chi connectivity index (χ2v) is 4.92. The van der Waals surface area contributed by atoms with E-state index in [1.54, 1.807) is 0 Å². The van der Waals surface area contributed by atoms with Gasteiger partial charge in [0.1, 0.15) is 13.4 Å². The van der Waals surface area contributed by atoms with Crippen LogP contribution in [0.15, 0.2) is 0 Å². The molecule has 0 spiro atoms. The fourth-order valence-corrected chi connectivity index (χ4v) is 3.05. The minimum absolute atomic E-state index is 0.0965.